The summed E-state index contributed by atoms with van der Waals surface area (Å²) in [6.45, 7) is 0. The Hall–Kier alpha value is -1.03. The first-order valence-electron chi connectivity index (χ1n) is 6.13. The Labute approximate surface area is 103 Å². The summed E-state index contributed by atoms with van der Waals surface area (Å²) in [6, 6.07) is 8.70. The van der Waals surface area contributed by atoms with E-state index in [4.69, 9.17) is 4.18 Å². The normalized spacial score (nSPS) is 17.9. The van der Waals surface area contributed by atoms with Crippen LogP contribution < -0.4 is 4.18 Å². The van der Waals surface area contributed by atoms with E-state index in [1.807, 2.05) is 6.07 Å². The molecule has 0 amide bonds. The molecule has 1 aromatic rings. The Morgan fingerprint density at radius 2 is 1.71 bits per heavy atom. The van der Waals surface area contributed by atoms with E-state index in [0.29, 0.717) is 5.75 Å². The van der Waals surface area contributed by atoms with Crippen LogP contribution in [0.25, 0.3) is 0 Å². The molecular formula is C13H18O3S. The molecule has 2 rings (SSSR count). The molecular weight excluding hydrogens is 236 g/mol. The lowest BCUT2D eigenvalue weighted by Gasteiger charge is -2.20. The third kappa shape index (κ3) is 4.04. The zero-order valence-electron chi connectivity index (χ0n) is 9.84. The van der Waals surface area contributed by atoms with Crippen LogP contribution in [0.3, 0.4) is 0 Å². The average Bonchev–Trinajstić information content (AvgIpc) is 2.30. The standard InChI is InChI=1S/C13H18O3S/c14-17(15,11-12-7-3-1-4-8-12)16-13-9-5-2-6-10-13/h2,5-6,9-10,12H,1,3-4,7-8,11H2. The first-order chi connectivity index (χ1) is 8.16. The van der Waals surface area contributed by atoms with Gasteiger partial charge in [0.25, 0.3) is 0 Å². The summed E-state index contributed by atoms with van der Waals surface area (Å²) >= 11 is 0. The Morgan fingerprint density at radius 1 is 1.06 bits per heavy atom. The van der Waals surface area contributed by atoms with Crippen molar-refractivity contribution in [2.75, 3.05) is 5.75 Å². The zero-order valence-corrected chi connectivity index (χ0v) is 10.7. The number of hydrogen-bond acceptors (Lipinski definition) is 3. The Bertz CT molecular complexity index is 433. The minimum atomic E-state index is -3.43. The van der Waals surface area contributed by atoms with E-state index >= 15 is 0 Å². The Balaban J connectivity index is 1.94. The fourth-order valence-electron chi connectivity index (χ4n) is 2.30. The predicted molar refractivity (Wildman–Crippen MR) is 67.4 cm³/mol. The maximum absolute atomic E-state index is 11.8. The third-order valence-electron chi connectivity index (χ3n) is 3.13. The number of hydrogen-bond donors (Lipinski definition) is 0. The van der Waals surface area contributed by atoms with E-state index in [9.17, 15) is 8.42 Å². The van der Waals surface area contributed by atoms with Crippen LogP contribution in [-0.2, 0) is 10.1 Å². The lowest BCUT2D eigenvalue weighted by Crippen LogP contribution is -2.22. The largest absolute Gasteiger partial charge is 0.382 e. The van der Waals surface area contributed by atoms with Crippen molar-refractivity contribution in [2.45, 2.75) is 32.1 Å². The fraction of sp³-hybridized carbons (Fsp3) is 0.538. The average molecular weight is 254 g/mol. The molecule has 4 heteroatoms. The van der Waals surface area contributed by atoms with E-state index in [0.717, 1.165) is 25.7 Å². The van der Waals surface area contributed by atoms with E-state index < -0.39 is 10.1 Å². The van der Waals surface area contributed by atoms with Crippen LogP contribution in [0.1, 0.15) is 32.1 Å². The Morgan fingerprint density at radius 3 is 2.35 bits per heavy atom. The van der Waals surface area contributed by atoms with Gasteiger partial charge in [-0.25, -0.2) is 0 Å². The van der Waals surface area contributed by atoms with Gasteiger partial charge in [-0.15, -0.1) is 0 Å². The third-order valence-corrected chi connectivity index (χ3v) is 4.46. The van der Waals surface area contributed by atoms with Crippen LogP contribution in [0, 0.1) is 5.92 Å². The van der Waals surface area contributed by atoms with Gasteiger partial charge in [0, 0.05) is 0 Å². The van der Waals surface area contributed by atoms with Crippen LogP contribution in [0.5, 0.6) is 5.75 Å². The van der Waals surface area contributed by atoms with Crippen molar-refractivity contribution in [2.24, 2.45) is 5.92 Å². The van der Waals surface area contributed by atoms with Crippen LogP contribution in [0.2, 0.25) is 0 Å². The first kappa shape index (κ1) is 12.4. The van der Waals surface area contributed by atoms with Crippen molar-refractivity contribution in [3.8, 4) is 5.75 Å². The molecule has 1 fully saturated rings. The Kier molecular flexibility index (Phi) is 4.05. The number of para-hydroxylation sites is 1. The van der Waals surface area contributed by atoms with Gasteiger partial charge in [-0.3, -0.25) is 0 Å². The van der Waals surface area contributed by atoms with E-state index in [1.165, 1.54) is 6.42 Å². The highest BCUT2D eigenvalue weighted by atomic mass is 32.2. The summed E-state index contributed by atoms with van der Waals surface area (Å²) in [5, 5.41) is 0. The highest BCUT2D eigenvalue weighted by molar-refractivity contribution is 7.87. The summed E-state index contributed by atoms with van der Waals surface area (Å²) in [7, 11) is -3.43. The van der Waals surface area contributed by atoms with Gasteiger partial charge >= 0.3 is 10.1 Å². The van der Waals surface area contributed by atoms with E-state index in [2.05, 4.69) is 0 Å². The van der Waals surface area contributed by atoms with E-state index in [-0.39, 0.29) is 11.7 Å². The van der Waals surface area contributed by atoms with Gasteiger partial charge in [0.1, 0.15) is 5.75 Å². The second-order valence-corrected chi connectivity index (χ2v) is 6.24. The highest BCUT2D eigenvalue weighted by Crippen LogP contribution is 2.25. The van der Waals surface area contributed by atoms with Gasteiger partial charge in [-0.1, -0.05) is 37.5 Å². The molecule has 94 valence electrons. The highest BCUT2D eigenvalue weighted by Gasteiger charge is 2.22. The summed E-state index contributed by atoms with van der Waals surface area (Å²) in [6.07, 6.45) is 5.54. The van der Waals surface area contributed by atoms with E-state index in [1.54, 1.807) is 24.3 Å². The lowest BCUT2D eigenvalue weighted by atomic mass is 9.91. The molecule has 3 nitrogen and oxygen atoms in total. The quantitative estimate of drug-likeness (QED) is 0.776. The van der Waals surface area contributed by atoms with Crippen LogP contribution in [0.4, 0.5) is 0 Å². The lowest BCUT2D eigenvalue weighted by molar-refractivity contribution is 0.375. The van der Waals surface area contributed by atoms with Crippen molar-refractivity contribution in [1.82, 2.24) is 0 Å². The molecule has 0 heterocycles. The SMILES string of the molecule is O=S(=O)(CC1CCCCC1)Oc1ccccc1. The minimum Gasteiger partial charge on any atom is -0.382 e. The minimum absolute atomic E-state index is 0.155. The first-order valence-corrected chi connectivity index (χ1v) is 7.71. The summed E-state index contributed by atoms with van der Waals surface area (Å²) in [4.78, 5) is 0. The van der Waals surface area contributed by atoms with Gasteiger partial charge in [-0.05, 0) is 30.9 Å². The molecule has 17 heavy (non-hydrogen) atoms. The van der Waals surface area contributed by atoms with Gasteiger partial charge in [0.05, 0.1) is 5.75 Å². The van der Waals surface area contributed by atoms with Crippen LogP contribution >= 0.6 is 0 Å². The fourth-order valence-corrected chi connectivity index (χ4v) is 3.68. The van der Waals surface area contributed by atoms with Gasteiger partial charge in [-0.2, -0.15) is 8.42 Å². The van der Waals surface area contributed by atoms with Crippen LogP contribution in [-0.4, -0.2) is 14.2 Å². The number of benzene rings is 1. The van der Waals surface area contributed by atoms with Crippen LogP contribution in [0.15, 0.2) is 30.3 Å². The molecule has 0 aromatic heterocycles. The summed E-state index contributed by atoms with van der Waals surface area (Å²) < 4.78 is 28.8. The molecule has 1 aromatic carbocycles. The maximum atomic E-state index is 11.8. The van der Waals surface area contributed by atoms with Crippen molar-refractivity contribution in [1.29, 1.82) is 0 Å². The van der Waals surface area contributed by atoms with Gasteiger partial charge < -0.3 is 4.18 Å². The molecule has 0 spiro atoms. The summed E-state index contributed by atoms with van der Waals surface area (Å²) in [5.74, 6) is 0.836. The van der Waals surface area contributed by atoms with Crippen molar-refractivity contribution in [3.63, 3.8) is 0 Å². The molecule has 0 saturated heterocycles. The molecule has 0 atom stereocenters. The molecule has 1 aliphatic rings. The second kappa shape index (κ2) is 5.54. The van der Waals surface area contributed by atoms with Gasteiger partial charge in [0.2, 0.25) is 0 Å². The zero-order chi connectivity index (χ0) is 12.1. The molecule has 0 radical (unpaired) electrons. The van der Waals surface area contributed by atoms with Crippen molar-refractivity contribution < 1.29 is 12.6 Å². The predicted octanol–water partition coefficient (Wildman–Crippen LogP) is 2.98. The second-order valence-electron chi connectivity index (χ2n) is 4.62. The maximum Gasteiger partial charge on any atom is 0.309 e. The number of rotatable bonds is 4. The smallest absolute Gasteiger partial charge is 0.309 e. The summed E-state index contributed by atoms with van der Waals surface area (Å²) in [5.41, 5.74) is 0. The molecule has 0 bridgehead atoms. The monoisotopic (exact) mass is 254 g/mol. The van der Waals surface area contributed by atoms with Crippen molar-refractivity contribution in [3.05, 3.63) is 30.3 Å². The molecule has 1 saturated carbocycles. The molecule has 0 aliphatic heterocycles. The van der Waals surface area contributed by atoms with Crippen molar-refractivity contribution >= 4 is 10.1 Å². The molecule has 1 aliphatic carbocycles. The topological polar surface area (TPSA) is 43.4 Å². The molecule has 0 unspecified atom stereocenters. The van der Waals surface area contributed by atoms with Gasteiger partial charge in [0.15, 0.2) is 0 Å². The molecule has 0 N–H and O–H groups in total.